The summed E-state index contributed by atoms with van der Waals surface area (Å²) in [7, 11) is 0. The predicted octanol–water partition coefficient (Wildman–Crippen LogP) is 3.07. The van der Waals surface area contributed by atoms with Crippen LogP contribution in [0.2, 0.25) is 0 Å². The maximum atomic E-state index is 12.1. The van der Waals surface area contributed by atoms with E-state index in [1.807, 2.05) is 0 Å². The SMILES string of the molecule is FC(F)(F)Cc1ccc2c(n1)CCCC2. The third-order valence-electron chi connectivity index (χ3n) is 2.62. The molecule has 1 aliphatic carbocycles. The highest BCUT2D eigenvalue weighted by Crippen LogP contribution is 2.23. The van der Waals surface area contributed by atoms with Gasteiger partial charge in [0.1, 0.15) is 0 Å². The third-order valence-corrected chi connectivity index (χ3v) is 2.62. The molecule has 0 aliphatic heterocycles. The van der Waals surface area contributed by atoms with Crippen LogP contribution in [0.5, 0.6) is 0 Å². The minimum Gasteiger partial charge on any atom is -0.257 e. The lowest BCUT2D eigenvalue weighted by Crippen LogP contribution is -2.15. The van der Waals surface area contributed by atoms with Crippen LogP contribution in [0.15, 0.2) is 12.1 Å². The molecule has 0 bridgehead atoms. The van der Waals surface area contributed by atoms with Crippen molar-refractivity contribution in [3.63, 3.8) is 0 Å². The van der Waals surface area contributed by atoms with Gasteiger partial charge in [-0.1, -0.05) is 6.07 Å². The lowest BCUT2D eigenvalue weighted by atomic mass is 9.96. The third kappa shape index (κ3) is 2.70. The number of rotatable bonds is 1. The van der Waals surface area contributed by atoms with E-state index in [0.717, 1.165) is 36.9 Å². The smallest absolute Gasteiger partial charge is 0.257 e. The number of halogens is 3. The van der Waals surface area contributed by atoms with Crippen LogP contribution in [0.25, 0.3) is 0 Å². The first-order valence-electron chi connectivity index (χ1n) is 5.09. The molecular weight excluding hydrogens is 203 g/mol. The molecule has 0 saturated carbocycles. The molecule has 0 unspecified atom stereocenters. The van der Waals surface area contributed by atoms with Gasteiger partial charge in [-0.3, -0.25) is 4.98 Å². The van der Waals surface area contributed by atoms with Crippen molar-refractivity contribution in [2.45, 2.75) is 38.3 Å². The molecule has 1 aromatic heterocycles. The van der Waals surface area contributed by atoms with E-state index in [4.69, 9.17) is 0 Å². The Morgan fingerprint density at radius 3 is 2.60 bits per heavy atom. The summed E-state index contributed by atoms with van der Waals surface area (Å²) in [5.41, 5.74) is 2.12. The zero-order chi connectivity index (χ0) is 10.9. The van der Waals surface area contributed by atoms with Crippen LogP contribution in [-0.4, -0.2) is 11.2 Å². The van der Waals surface area contributed by atoms with Crippen molar-refractivity contribution in [3.8, 4) is 0 Å². The second-order valence-corrected chi connectivity index (χ2v) is 3.91. The fourth-order valence-electron chi connectivity index (χ4n) is 1.93. The van der Waals surface area contributed by atoms with Gasteiger partial charge in [0.2, 0.25) is 0 Å². The Hall–Kier alpha value is -1.06. The molecule has 0 radical (unpaired) electrons. The number of aromatic nitrogens is 1. The minimum atomic E-state index is -4.16. The fourth-order valence-corrected chi connectivity index (χ4v) is 1.93. The van der Waals surface area contributed by atoms with Crippen molar-refractivity contribution in [2.24, 2.45) is 0 Å². The molecule has 82 valence electrons. The Balaban J connectivity index is 2.21. The quantitative estimate of drug-likeness (QED) is 0.701. The van der Waals surface area contributed by atoms with Crippen molar-refractivity contribution >= 4 is 0 Å². The van der Waals surface area contributed by atoms with Gasteiger partial charge >= 0.3 is 6.18 Å². The molecule has 4 heteroatoms. The molecule has 1 nitrogen and oxygen atoms in total. The van der Waals surface area contributed by atoms with Crippen LogP contribution in [0.1, 0.15) is 29.8 Å². The number of nitrogens with zero attached hydrogens (tertiary/aromatic N) is 1. The summed E-state index contributed by atoms with van der Waals surface area (Å²) >= 11 is 0. The second-order valence-electron chi connectivity index (χ2n) is 3.91. The number of fused-ring (bicyclic) bond motifs is 1. The van der Waals surface area contributed by atoms with Gasteiger partial charge in [0.15, 0.2) is 0 Å². The zero-order valence-corrected chi connectivity index (χ0v) is 8.27. The van der Waals surface area contributed by atoms with Crippen LogP contribution in [0, 0.1) is 0 Å². The summed E-state index contributed by atoms with van der Waals surface area (Å²) in [5.74, 6) is 0. The first kappa shape index (κ1) is 10.5. The van der Waals surface area contributed by atoms with Crippen LogP contribution in [0.4, 0.5) is 13.2 Å². The first-order valence-corrected chi connectivity index (χ1v) is 5.09. The molecule has 15 heavy (non-hydrogen) atoms. The Labute approximate surface area is 86.3 Å². The van der Waals surface area contributed by atoms with Gasteiger partial charge in [0, 0.05) is 11.4 Å². The van der Waals surface area contributed by atoms with Crippen LogP contribution < -0.4 is 0 Å². The largest absolute Gasteiger partial charge is 0.394 e. The number of aryl methyl sites for hydroxylation is 2. The van der Waals surface area contributed by atoms with Gasteiger partial charge in [-0.25, -0.2) is 0 Å². The average molecular weight is 215 g/mol. The maximum absolute atomic E-state index is 12.1. The topological polar surface area (TPSA) is 12.9 Å². The fraction of sp³-hybridized carbons (Fsp3) is 0.545. The molecular formula is C11H12F3N. The highest BCUT2D eigenvalue weighted by molar-refractivity contribution is 5.25. The monoisotopic (exact) mass is 215 g/mol. The van der Waals surface area contributed by atoms with E-state index in [2.05, 4.69) is 4.98 Å². The summed E-state index contributed by atoms with van der Waals surface area (Å²) in [4.78, 5) is 4.08. The van der Waals surface area contributed by atoms with Crippen LogP contribution in [0.3, 0.4) is 0 Å². The molecule has 2 rings (SSSR count). The highest BCUT2D eigenvalue weighted by atomic mass is 19.4. The van der Waals surface area contributed by atoms with Gasteiger partial charge in [-0.2, -0.15) is 13.2 Å². The molecule has 0 aromatic carbocycles. The minimum absolute atomic E-state index is 0.142. The Morgan fingerprint density at radius 2 is 1.87 bits per heavy atom. The maximum Gasteiger partial charge on any atom is 0.394 e. The highest BCUT2D eigenvalue weighted by Gasteiger charge is 2.28. The molecule has 0 atom stereocenters. The van der Waals surface area contributed by atoms with Gasteiger partial charge in [0.05, 0.1) is 6.42 Å². The number of hydrogen-bond donors (Lipinski definition) is 0. The Morgan fingerprint density at radius 1 is 1.13 bits per heavy atom. The summed E-state index contributed by atoms with van der Waals surface area (Å²) in [5, 5.41) is 0. The first-order chi connectivity index (χ1) is 7.04. The average Bonchev–Trinajstić information content (AvgIpc) is 2.15. The molecule has 0 N–H and O–H groups in total. The van der Waals surface area contributed by atoms with Gasteiger partial charge in [-0.05, 0) is 37.3 Å². The number of pyridine rings is 1. The van der Waals surface area contributed by atoms with Gasteiger partial charge in [0.25, 0.3) is 0 Å². The van der Waals surface area contributed by atoms with Gasteiger partial charge < -0.3 is 0 Å². The molecule has 1 aromatic rings. The van der Waals surface area contributed by atoms with Crippen molar-refractivity contribution in [1.82, 2.24) is 4.98 Å². The van der Waals surface area contributed by atoms with E-state index < -0.39 is 12.6 Å². The summed E-state index contributed by atoms with van der Waals surface area (Å²) in [6.07, 6.45) is -1.14. The zero-order valence-electron chi connectivity index (χ0n) is 8.27. The molecule has 1 heterocycles. The van der Waals surface area contributed by atoms with Crippen LogP contribution in [-0.2, 0) is 19.3 Å². The second kappa shape index (κ2) is 3.83. The summed E-state index contributed by atoms with van der Waals surface area (Å²) in [6.45, 7) is 0. The van der Waals surface area contributed by atoms with Crippen molar-refractivity contribution in [3.05, 3.63) is 29.1 Å². The van der Waals surface area contributed by atoms with Crippen molar-refractivity contribution < 1.29 is 13.2 Å². The lowest BCUT2D eigenvalue weighted by Gasteiger charge is -2.15. The molecule has 1 aliphatic rings. The summed E-state index contributed by atoms with van der Waals surface area (Å²) in [6, 6.07) is 3.29. The van der Waals surface area contributed by atoms with Crippen molar-refractivity contribution in [2.75, 3.05) is 0 Å². The van der Waals surface area contributed by atoms with Gasteiger partial charge in [-0.15, -0.1) is 0 Å². The molecule has 0 spiro atoms. The molecule has 0 amide bonds. The van der Waals surface area contributed by atoms with E-state index in [1.54, 1.807) is 6.07 Å². The van der Waals surface area contributed by atoms with Crippen molar-refractivity contribution in [1.29, 1.82) is 0 Å². The normalized spacial score (nSPS) is 16.2. The standard InChI is InChI=1S/C11H12F3N/c12-11(13,14)7-9-6-5-8-3-1-2-4-10(8)15-9/h5-6H,1-4,7H2. The molecule has 0 fully saturated rings. The Kier molecular flexibility index (Phi) is 2.67. The van der Waals surface area contributed by atoms with Crippen LogP contribution >= 0.6 is 0 Å². The van der Waals surface area contributed by atoms with E-state index >= 15 is 0 Å². The lowest BCUT2D eigenvalue weighted by molar-refractivity contribution is -0.127. The van der Waals surface area contributed by atoms with E-state index in [9.17, 15) is 13.2 Å². The Bertz CT molecular complexity index is 357. The number of hydrogen-bond acceptors (Lipinski definition) is 1. The molecule has 0 saturated heterocycles. The summed E-state index contributed by atoms with van der Waals surface area (Å²) < 4.78 is 36.4. The van der Waals surface area contributed by atoms with E-state index in [-0.39, 0.29) is 5.69 Å². The predicted molar refractivity (Wildman–Crippen MR) is 50.6 cm³/mol. The van der Waals surface area contributed by atoms with E-state index in [0.29, 0.717) is 0 Å². The number of alkyl halides is 3. The van der Waals surface area contributed by atoms with E-state index in [1.165, 1.54) is 6.07 Å².